The van der Waals surface area contributed by atoms with Crippen molar-refractivity contribution in [3.8, 4) is 0 Å². The predicted molar refractivity (Wildman–Crippen MR) is 73.6 cm³/mol. The summed E-state index contributed by atoms with van der Waals surface area (Å²) in [6, 6.07) is 2.93. The quantitative estimate of drug-likeness (QED) is 0.842. The Morgan fingerprint density at radius 3 is 2.71 bits per heavy atom. The highest BCUT2D eigenvalue weighted by Crippen LogP contribution is 2.22. The van der Waals surface area contributed by atoms with Gasteiger partial charge in [0.1, 0.15) is 0 Å². The predicted octanol–water partition coefficient (Wildman–Crippen LogP) is 2.92. The molecule has 1 saturated carbocycles. The van der Waals surface area contributed by atoms with Crippen molar-refractivity contribution < 1.29 is 5.11 Å². The van der Waals surface area contributed by atoms with Crippen LogP contribution in [0.25, 0.3) is 0 Å². The van der Waals surface area contributed by atoms with Gasteiger partial charge in [-0.05, 0) is 41.7 Å². The Morgan fingerprint density at radius 1 is 1.24 bits per heavy atom. The second-order valence-electron chi connectivity index (χ2n) is 4.93. The van der Waals surface area contributed by atoms with Crippen LogP contribution in [0.4, 0.5) is 0 Å². The summed E-state index contributed by atoms with van der Waals surface area (Å²) in [5.74, 6) is 0. The minimum absolute atomic E-state index is 0.292. The molecule has 0 radical (unpaired) electrons. The topological polar surface area (TPSA) is 23.5 Å². The van der Waals surface area contributed by atoms with Crippen molar-refractivity contribution in [2.75, 3.05) is 19.7 Å². The maximum absolute atomic E-state index is 9.18. The van der Waals surface area contributed by atoms with Crippen LogP contribution in [0.5, 0.6) is 0 Å². The third kappa shape index (κ3) is 4.09. The van der Waals surface area contributed by atoms with Gasteiger partial charge in [-0.2, -0.15) is 11.3 Å². The summed E-state index contributed by atoms with van der Waals surface area (Å²) in [5.41, 5.74) is 1.44. The molecular formula is C14H23NOS. The van der Waals surface area contributed by atoms with Gasteiger partial charge in [-0.3, -0.25) is 4.90 Å². The molecule has 1 aromatic rings. The van der Waals surface area contributed by atoms with Crippen LogP contribution in [0.2, 0.25) is 0 Å². The second-order valence-corrected chi connectivity index (χ2v) is 5.71. The van der Waals surface area contributed by atoms with E-state index in [9.17, 15) is 5.11 Å². The van der Waals surface area contributed by atoms with Gasteiger partial charge in [0.15, 0.2) is 0 Å². The van der Waals surface area contributed by atoms with Gasteiger partial charge in [-0.15, -0.1) is 0 Å². The number of aliphatic hydroxyl groups is 1. The summed E-state index contributed by atoms with van der Waals surface area (Å²) in [7, 11) is 0. The van der Waals surface area contributed by atoms with Gasteiger partial charge < -0.3 is 5.11 Å². The second kappa shape index (κ2) is 7.14. The van der Waals surface area contributed by atoms with Crippen LogP contribution in [0.1, 0.15) is 37.7 Å². The van der Waals surface area contributed by atoms with Crippen molar-refractivity contribution >= 4 is 11.3 Å². The first-order valence-corrected chi connectivity index (χ1v) is 7.70. The molecular weight excluding hydrogens is 230 g/mol. The first kappa shape index (κ1) is 13.1. The zero-order valence-electron chi connectivity index (χ0n) is 10.5. The highest BCUT2D eigenvalue weighted by molar-refractivity contribution is 7.07. The molecule has 3 heteroatoms. The maximum Gasteiger partial charge on any atom is 0.0558 e. The van der Waals surface area contributed by atoms with Crippen LogP contribution in [0.3, 0.4) is 0 Å². The summed E-state index contributed by atoms with van der Waals surface area (Å²) in [6.07, 6.45) is 7.90. The van der Waals surface area contributed by atoms with Crippen molar-refractivity contribution in [3.63, 3.8) is 0 Å². The third-order valence-corrected chi connectivity index (χ3v) is 4.48. The average Bonchev–Trinajstić information content (AvgIpc) is 2.88. The van der Waals surface area contributed by atoms with Crippen LogP contribution >= 0.6 is 11.3 Å². The van der Waals surface area contributed by atoms with Crippen LogP contribution in [0.15, 0.2) is 16.8 Å². The fourth-order valence-corrected chi connectivity index (χ4v) is 3.46. The normalized spacial score (nSPS) is 17.8. The fourth-order valence-electron chi connectivity index (χ4n) is 2.76. The Bertz CT molecular complexity index is 293. The van der Waals surface area contributed by atoms with E-state index >= 15 is 0 Å². The monoisotopic (exact) mass is 253 g/mol. The molecule has 1 aliphatic carbocycles. The molecule has 1 N–H and O–H groups in total. The molecule has 1 heterocycles. The lowest BCUT2D eigenvalue weighted by Gasteiger charge is -2.33. The Morgan fingerprint density at radius 2 is 2.06 bits per heavy atom. The third-order valence-electron chi connectivity index (χ3n) is 3.75. The summed E-state index contributed by atoms with van der Waals surface area (Å²) in [4.78, 5) is 2.50. The molecule has 1 fully saturated rings. The number of thiophene rings is 1. The molecule has 0 atom stereocenters. The van der Waals surface area contributed by atoms with E-state index < -0.39 is 0 Å². The molecule has 0 amide bonds. The van der Waals surface area contributed by atoms with Crippen molar-refractivity contribution in [1.29, 1.82) is 0 Å². The summed E-state index contributed by atoms with van der Waals surface area (Å²) >= 11 is 1.77. The van der Waals surface area contributed by atoms with Gasteiger partial charge in [0.2, 0.25) is 0 Å². The number of hydrogen-bond acceptors (Lipinski definition) is 3. The lowest BCUT2D eigenvalue weighted by Crippen LogP contribution is -2.40. The number of hydrogen-bond donors (Lipinski definition) is 1. The molecule has 0 saturated heterocycles. The summed E-state index contributed by atoms with van der Waals surface area (Å²) in [5, 5.41) is 13.6. The van der Waals surface area contributed by atoms with Gasteiger partial charge in [-0.25, -0.2) is 0 Å². The van der Waals surface area contributed by atoms with E-state index in [1.54, 1.807) is 11.3 Å². The molecule has 0 bridgehead atoms. The molecule has 96 valence electrons. The molecule has 0 spiro atoms. The van der Waals surface area contributed by atoms with E-state index in [1.165, 1.54) is 37.7 Å². The van der Waals surface area contributed by atoms with Crippen LogP contribution in [0, 0.1) is 0 Å². The molecule has 1 aliphatic rings. The molecule has 2 rings (SSSR count). The Labute approximate surface area is 108 Å². The standard InChI is InChI=1S/C14H23NOS/c16-10-9-15(14-4-2-1-3-5-14)8-6-13-7-11-17-12-13/h7,11-12,14,16H,1-6,8-10H2. The lowest BCUT2D eigenvalue weighted by atomic mass is 9.94. The first-order chi connectivity index (χ1) is 8.40. The van der Waals surface area contributed by atoms with Gasteiger partial charge in [0.25, 0.3) is 0 Å². The Balaban J connectivity index is 1.82. The van der Waals surface area contributed by atoms with Crippen LogP contribution < -0.4 is 0 Å². The first-order valence-electron chi connectivity index (χ1n) is 6.76. The lowest BCUT2D eigenvalue weighted by molar-refractivity contribution is 0.125. The number of rotatable bonds is 6. The smallest absolute Gasteiger partial charge is 0.0558 e. The van der Waals surface area contributed by atoms with Crippen molar-refractivity contribution in [1.82, 2.24) is 4.90 Å². The molecule has 0 aliphatic heterocycles. The van der Waals surface area contributed by atoms with E-state index in [0.29, 0.717) is 6.61 Å². The summed E-state index contributed by atoms with van der Waals surface area (Å²) < 4.78 is 0. The number of aliphatic hydroxyl groups excluding tert-OH is 1. The van der Waals surface area contributed by atoms with E-state index in [4.69, 9.17) is 0 Å². The maximum atomic E-state index is 9.18. The molecule has 0 aromatic carbocycles. The van der Waals surface area contributed by atoms with E-state index in [0.717, 1.165) is 25.6 Å². The largest absolute Gasteiger partial charge is 0.395 e. The molecule has 17 heavy (non-hydrogen) atoms. The van der Waals surface area contributed by atoms with Crippen LogP contribution in [-0.4, -0.2) is 35.7 Å². The van der Waals surface area contributed by atoms with Gasteiger partial charge in [0, 0.05) is 19.1 Å². The summed E-state index contributed by atoms with van der Waals surface area (Å²) in [6.45, 7) is 2.23. The van der Waals surface area contributed by atoms with Gasteiger partial charge >= 0.3 is 0 Å². The Hall–Kier alpha value is -0.380. The zero-order valence-corrected chi connectivity index (χ0v) is 11.3. The molecule has 0 unspecified atom stereocenters. The van der Waals surface area contributed by atoms with Crippen molar-refractivity contribution in [3.05, 3.63) is 22.4 Å². The van der Waals surface area contributed by atoms with E-state index in [2.05, 4.69) is 21.7 Å². The van der Waals surface area contributed by atoms with Gasteiger partial charge in [0.05, 0.1) is 6.61 Å². The number of nitrogens with zero attached hydrogens (tertiary/aromatic N) is 1. The Kier molecular flexibility index (Phi) is 5.49. The minimum atomic E-state index is 0.292. The zero-order chi connectivity index (χ0) is 11.9. The van der Waals surface area contributed by atoms with Crippen molar-refractivity contribution in [2.45, 2.75) is 44.6 Å². The molecule has 2 nitrogen and oxygen atoms in total. The fraction of sp³-hybridized carbons (Fsp3) is 0.714. The van der Waals surface area contributed by atoms with Crippen LogP contribution in [-0.2, 0) is 6.42 Å². The average molecular weight is 253 g/mol. The van der Waals surface area contributed by atoms with E-state index in [1.807, 2.05) is 0 Å². The highest BCUT2D eigenvalue weighted by Gasteiger charge is 2.20. The molecule has 1 aromatic heterocycles. The SMILES string of the molecule is OCCN(CCc1ccsc1)C1CCCCC1. The highest BCUT2D eigenvalue weighted by atomic mass is 32.1. The minimum Gasteiger partial charge on any atom is -0.395 e. The van der Waals surface area contributed by atoms with Crippen molar-refractivity contribution in [2.24, 2.45) is 0 Å². The van der Waals surface area contributed by atoms with E-state index in [-0.39, 0.29) is 0 Å². The van der Waals surface area contributed by atoms with Gasteiger partial charge in [-0.1, -0.05) is 19.3 Å².